The van der Waals surface area contributed by atoms with Gasteiger partial charge in [0, 0.05) is 20.3 Å². The summed E-state index contributed by atoms with van der Waals surface area (Å²) < 4.78 is 11.3. The summed E-state index contributed by atoms with van der Waals surface area (Å²) in [6.07, 6.45) is 0.683. The Morgan fingerprint density at radius 3 is 2.71 bits per heavy atom. The second kappa shape index (κ2) is 8.26. The van der Waals surface area contributed by atoms with E-state index in [4.69, 9.17) is 9.47 Å². The Morgan fingerprint density at radius 2 is 2.04 bits per heavy atom. The highest BCUT2D eigenvalue weighted by Crippen LogP contribution is 2.16. The number of hydrogen-bond acceptors (Lipinski definition) is 5. The number of nitrogens with one attached hydrogen (secondary N) is 1. The van der Waals surface area contributed by atoms with Gasteiger partial charge in [-0.25, -0.2) is 0 Å². The Labute approximate surface area is 140 Å². The monoisotopic (exact) mass is 331 g/mol. The lowest BCUT2D eigenvalue weighted by Gasteiger charge is -2.12. The van der Waals surface area contributed by atoms with Gasteiger partial charge in [-0.2, -0.15) is 9.78 Å². The molecule has 1 amide bonds. The summed E-state index contributed by atoms with van der Waals surface area (Å²) >= 11 is 0. The third-order valence-corrected chi connectivity index (χ3v) is 3.49. The molecule has 1 N–H and O–H groups in total. The van der Waals surface area contributed by atoms with Gasteiger partial charge < -0.3 is 14.8 Å². The number of nitrogens with zero attached hydrogens (tertiary/aromatic N) is 2. The number of carbonyl (C=O) groups excluding carboxylic acids is 1. The van der Waals surface area contributed by atoms with Crippen molar-refractivity contribution in [3.05, 3.63) is 51.9 Å². The van der Waals surface area contributed by atoms with Gasteiger partial charge in [0.1, 0.15) is 0 Å². The van der Waals surface area contributed by atoms with Gasteiger partial charge in [-0.15, -0.1) is 0 Å². The molecule has 24 heavy (non-hydrogen) atoms. The van der Waals surface area contributed by atoms with Crippen molar-refractivity contribution in [3.63, 3.8) is 0 Å². The maximum absolute atomic E-state index is 12.4. The van der Waals surface area contributed by atoms with Crippen molar-refractivity contribution < 1.29 is 14.3 Å². The Balaban J connectivity index is 2.37. The first-order valence-electron chi connectivity index (χ1n) is 7.60. The van der Waals surface area contributed by atoms with Gasteiger partial charge in [0.25, 0.3) is 11.5 Å². The van der Waals surface area contributed by atoms with E-state index in [0.29, 0.717) is 25.3 Å². The Hall–Kier alpha value is -2.67. The molecular weight excluding hydrogens is 310 g/mol. The van der Waals surface area contributed by atoms with E-state index in [1.165, 1.54) is 17.9 Å². The highest BCUT2D eigenvalue weighted by atomic mass is 16.5. The van der Waals surface area contributed by atoms with E-state index in [2.05, 4.69) is 10.4 Å². The number of aromatic nitrogens is 2. The topological polar surface area (TPSA) is 82.5 Å². The number of carbonyl (C=O) groups is 1. The molecule has 0 aliphatic heterocycles. The van der Waals surface area contributed by atoms with Crippen LogP contribution in [0.15, 0.2) is 35.1 Å². The quantitative estimate of drug-likeness (QED) is 0.774. The van der Waals surface area contributed by atoms with E-state index >= 15 is 0 Å². The summed E-state index contributed by atoms with van der Waals surface area (Å²) in [7, 11) is 3.00. The minimum absolute atomic E-state index is 0.0674. The van der Waals surface area contributed by atoms with Gasteiger partial charge in [0.15, 0.2) is 11.4 Å². The molecule has 0 saturated heterocycles. The number of aryl methyl sites for hydroxylation is 1. The van der Waals surface area contributed by atoms with E-state index in [0.717, 1.165) is 5.56 Å². The molecule has 7 nitrogen and oxygen atoms in total. The lowest BCUT2D eigenvalue weighted by Crippen LogP contribution is -2.31. The van der Waals surface area contributed by atoms with Gasteiger partial charge >= 0.3 is 0 Å². The molecule has 1 aromatic carbocycles. The second-order valence-electron chi connectivity index (χ2n) is 5.20. The van der Waals surface area contributed by atoms with Gasteiger partial charge in [-0.3, -0.25) is 9.59 Å². The zero-order valence-corrected chi connectivity index (χ0v) is 14.0. The number of para-hydroxylation sites is 1. The SMILES string of the molecule is COCCCNC(=O)c1nn(-c2ccccc2C)c(=O)cc1OC. The predicted octanol–water partition coefficient (Wildman–Crippen LogP) is 1.32. The molecule has 2 rings (SSSR count). The van der Waals surface area contributed by atoms with E-state index in [1.807, 2.05) is 25.1 Å². The van der Waals surface area contributed by atoms with Crippen molar-refractivity contribution in [1.29, 1.82) is 0 Å². The van der Waals surface area contributed by atoms with Crippen molar-refractivity contribution in [1.82, 2.24) is 15.1 Å². The van der Waals surface area contributed by atoms with Crippen molar-refractivity contribution >= 4 is 5.91 Å². The van der Waals surface area contributed by atoms with Gasteiger partial charge in [-0.1, -0.05) is 18.2 Å². The Kier molecular flexibility index (Phi) is 6.08. The molecule has 0 bridgehead atoms. The number of benzene rings is 1. The molecule has 0 aliphatic carbocycles. The summed E-state index contributed by atoms with van der Waals surface area (Å²) in [4.78, 5) is 24.7. The minimum atomic E-state index is -0.398. The van der Waals surface area contributed by atoms with Gasteiger partial charge in [0.05, 0.1) is 18.9 Å². The normalized spacial score (nSPS) is 10.5. The number of hydrogen-bond donors (Lipinski definition) is 1. The summed E-state index contributed by atoms with van der Waals surface area (Å²) in [6, 6.07) is 8.60. The van der Waals surface area contributed by atoms with E-state index in [9.17, 15) is 9.59 Å². The van der Waals surface area contributed by atoms with Gasteiger partial charge in [0.2, 0.25) is 0 Å². The van der Waals surface area contributed by atoms with Crippen LogP contribution in [0.3, 0.4) is 0 Å². The molecule has 0 radical (unpaired) electrons. The molecule has 0 atom stereocenters. The van der Waals surface area contributed by atoms with Crippen LogP contribution in [0.4, 0.5) is 0 Å². The molecule has 1 heterocycles. The zero-order chi connectivity index (χ0) is 17.5. The molecule has 128 valence electrons. The van der Waals surface area contributed by atoms with E-state index in [1.54, 1.807) is 13.2 Å². The fourth-order valence-electron chi connectivity index (χ4n) is 2.23. The average Bonchev–Trinajstić information content (AvgIpc) is 2.59. The Morgan fingerprint density at radius 1 is 1.29 bits per heavy atom. The molecule has 0 aliphatic rings. The molecule has 7 heteroatoms. The first-order chi connectivity index (χ1) is 11.6. The minimum Gasteiger partial charge on any atom is -0.494 e. The molecule has 0 unspecified atom stereocenters. The maximum Gasteiger partial charge on any atom is 0.275 e. The smallest absolute Gasteiger partial charge is 0.275 e. The summed E-state index contributed by atoms with van der Waals surface area (Å²) in [6.45, 7) is 2.87. The summed E-state index contributed by atoms with van der Waals surface area (Å²) in [5, 5.41) is 6.95. The van der Waals surface area contributed by atoms with Crippen LogP contribution < -0.4 is 15.6 Å². The largest absolute Gasteiger partial charge is 0.494 e. The Bertz CT molecular complexity index is 771. The van der Waals surface area contributed by atoms with Crippen molar-refractivity contribution in [3.8, 4) is 11.4 Å². The lowest BCUT2D eigenvalue weighted by atomic mass is 10.2. The molecule has 2 aromatic rings. The lowest BCUT2D eigenvalue weighted by molar-refractivity contribution is 0.0938. The number of rotatable bonds is 7. The predicted molar refractivity (Wildman–Crippen MR) is 89.9 cm³/mol. The third kappa shape index (κ3) is 3.99. The first kappa shape index (κ1) is 17.7. The van der Waals surface area contributed by atoms with E-state index in [-0.39, 0.29) is 17.0 Å². The van der Waals surface area contributed by atoms with Crippen LogP contribution in [0.1, 0.15) is 22.5 Å². The van der Waals surface area contributed by atoms with E-state index < -0.39 is 5.91 Å². The first-order valence-corrected chi connectivity index (χ1v) is 7.60. The number of methoxy groups -OCH3 is 2. The van der Waals surface area contributed by atoms with Crippen LogP contribution in [-0.4, -0.2) is 43.1 Å². The van der Waals surface area contributed by atoms with Crippen LogP contribution in [0.5, 0.6) is 5.75 Å². The van der Waals surface area contributed by atoms with Crippen LogP contribution in [-0.2, 0) is 4.74 Å². The summed E-state index contributed by atoms with van der Waals surface area (Å²) in [5.74, 6) is -0.251. The zero-order valence-electron chi connectivity index (χ0n) is 14.0. The number of amides is 1. The second-order valence-corrected chi connectivity index (χ2v) is 5.20. The van der Waals surface area contributed by atoms with Crippen molar-refractivity contribution in [2.45, 2.75) is 13.3 Å². The van der Waals surface area contributed by atoms with Crippen LogP contribution in [0.2, 0.25) is 0 Å². The fourth-order valence-corrected chi connectivity index (χ4v) is 2.23. The highest BCUT2D eigenvalue weighted by molar-refractivity contribution is 5.94. The molecule has 0 saturated carbocycles. The highest BCUT2D eigenvalue weighted by Gasteiger charge is 2.18. The van der Waals surface area contributed by atoms with Gasteiger partial charge in [-0.05, 0) is 25.0 Å². The molecular formula is C17H21N3O4. The third-order valence-electron chi connectivity index (χ3n) is 3.49. The van der Waals surface area contributed by atoms with Crippen LogP contribution in [0.25, 0.3) is 5.69 Å². The standard InChI is InChI=1S/C17H21N3O4/c1-12-7-4-5-8-13(12)20-15(21)11-14(24-3)16(19-20)17(22)18-9-6-10-23-2/h4-5,7-8,11H,6,9-10H2,1-3H3,(H,18,22). The molecule has 1 aromatic heterocycles. The van der Waals surface area contributed by atoms with Crippen LogP contribution >= 0.6 is 0 Å². The molecule has 0 spiro atoms. The molecule has 0 fully saturated rings. The summed E-state index contributed by atoms with van der Waals surface area (Å²) in [5.41, 5.74) is 1.21. The maximum atomic E-state index is 12.4. The fraction of sp³-hybridized carbons (Fsp3) is 0.353. The van der Waals surface area contributed by atoms with Crippen molar-refractivity contribution in [2.75, 3.05) is 27.4 Å². The van der Waals surface area contributed by atoms with Crippen LogP contribution in [0, 0.1) is 6.92 Å². The average molecular weight is 331 g/mol. The van der Waals surface area contributed by atoms with Crippen molar-refractivity contribution in [2.24, 2.45) is 0 Å². The number of ether oxygens (including phenoxy) is 2.